The Hall–Kier alpha value is -2.13. The van der Waals surface area contributed by atoms with Crippen molar-refractivity contribution in [3.8, 4) is 5.75 Å². The van der Waals surface area contributed by atoms with Crippen LogP contribution in [-0.2, 0) is 0 Å². The summed E-state index contributed by atoms with van der Waals surface area (Å²) >= 11 is 0. The third-order valence-electron chi connectivity index (χ3n) is 6.47. The lowest BCUT2D eigenvalue weighted by Crippen LogP contribution is -2.50. The van der Waals surface area contributed by atoms with E-state index in [4.69, 9.17) is 4.43 Å². The summed E-state index contributed by atoms with van der Waals surface area (Å²) < 4.78 is 20.9. The molecule has 3 heteroatoms. The van der Waals surface area contributed by atoms with Crippen LogP contribution in [0, 0.1) is 5.82 Å². The summed E-state index contributed by atoms with van der Waals surface area (Å²) in [7, 11) is -2.01. The van der Waals surface area contributed by atoms with Gasteiger partial charge in [-0.2, -0.15) is 0 Å². The van der Waals surface area contributed by atoms with E-state index in [-0.39, 0.29) is 5.82 Å². The fraction of sp³-hybridized carbons (Fsp3) is 0.360. The second kappa shape index (κ2) is 6.73. The van der Waals surface area contributed by atoms with Crippen molar-refractivity contribution in [2.24, 2.45) is 0 Å². The lowest BCUT2D eigenvalue weighted by molar-refractivity contribution is 0.481. The van der Waals surface area contributed by atoms with Crippen LogP contribution in [0.3, 0.4) is 0 Å². The van der Waals surface area contributed by atoms with Crippen LogP contribution < -0.4 is 4.43 Å². The first-order valence-electron chi connectivity index (χ1n) is 10.3. The smallest absolute Gasteiger partial charge is 0.258 e. The van der Waals surface area contributed by atoms with E-state index in [9.17, 15) is 4.39 Å². The standard InChI is InChI=1S/C25H29FOSi/c1-15(2)28(16(3)4,17(5)6)27-23-13-20-9-7-18-11-22(26)12-19-8-10-21(14-23)25(20)24(18)19/h7-17H,1-6H3. The second-order valence-electron chi connectivity index (χ2n) is 9.02. The summed E-state index contributed by atoms with van der Waals surface area (Å²) in [5.74, 6) is 0.788. The third-order valence-corrected chi connectivity index (χ3v) is 12.5. The largest absolute Gasteiger partial charge is 0.543 e. The van der Waals surface area contributed by atoms with Gasteiger partial charge < -0.3 is 4.43 Å². The van der Waals surface area contributed by atoms with Crippen molar-refractivity contribution in [3.63, 3.8) is 0 Å². The summed E-state index contributed by atoms with van der Waals surface area (Å²) in [6, 6.07) is 15.8. The van der Waals surface area contributed by atoms with E-state index < -0.39 is 8.32 Å². The van der Waals surface area contributed by atoms with Crippen molar-refractivity contribution in [1.82, 2.24) is 0 Å². The monoisotopic (exact) mass is 392 g/mol. The molecule has 0 saturated heterocycles. The van der Waals surface area contributed by atoms with Gasteiger partial charge in [-0.25, -0.2) is 4.39 Å². The van der Waals surface area contributed by atoms with E-state index in [1.807, 2.05) is 12.1 Å². The molecule has 4 rings (SSSR count). The van der Waals surface area contributed by atoms with Crippen molar-refractivity contribution in [2.45, 2.75) is 58.2 Å². The highest BCUT2D eigenvalue weighted by molar-refractivity contribution is 6.78. The third kappa shape index (κ3) is 2.79. The van der Waals surface area contributed by atoms with Gasteiger partial charge in [0.1, 0.15) is 11.6 Å². The maximum absolute atomic E-state index is 13.9. The minimum atomic E-state index is -2.01. The van der Waals surface area contributed by atoms with Gasteiger partial charge in [-0.1, -0.05) is 65.8 Å². The molecule has 4 aromatic rings. The molecule has 0 aromatic heterocycles. The predicted molar refractivity (Wildman–Crippen MR) is 122 cm³/mol. The zero-order chi connectivity index (χ0) is 20.2. The zero-order valence-corrected chi connectivity index (χ0v) is 18.6. The molecule has 0 aliphatic rings. The number of benzene rings is 4. The first-order valence-corrected chi connectivity index (χ1v) is 12.4. The van der Waals surface area contributed by atoms with Gasteiger partial charge in [-0.3, -0.25) is 0 Å². The van der Waals surface area contributed by atoms with Gasteiger partial charge in [0, 0.05) is 0 Å². The van der Waals surface area contributed by atoms with E-state index >= 15 is 0 Å². The maximum Gasteiger partial charge on any atom is 0.258 e. The lowest BCUT2D eigenvalue weighted by Gasteiger charge is -2.42. The fourth-order valence-corrected chi connectivity index (χ4v) is 10.6. The Morgan fingerprint density at radius 2 is 1.00 bits per heavy atom. The van der Waals surface area contributed by atoms with Gasteiger partial charge in [-0.15, -0.1) is 0 Å². The number of hydrogen-bond donors (Lipinski definition) is 0. The zero-order valence-electron chi connectivity index (χ0n) is 17.6. The average Bonchev–Trinajstić information content (AvgIpc) is 2.62. The van der Waals surface area contributed by atoms with Crippen LogP contribution in [0.5, 0.6) is 5.75 Å². The van der Waals surface area contributed by atoms with Gasteiger partial charge in [0.25, 0.3) is 8.32 Å². The molecule has 0 N–H and O–H groups in total. The first kappa shape index (κ1) is 19.2. The Bertz CT molecular complexity index is 1060. The highest BCUT2D eigenvalue weighted by Crippen LogP contribution is 2.44. The van der Waals surface area contributed by atoms with Crippen molar-refractivity contribution < 1.29 is 8.82 Å². The quantitative estimate of drug-likeness (QED) is 0.245. The fourth-order valence-electron chi connectivity index (χ4n) is 5.39. The second-order valence-corrected chi connectivity index (χ2v) is 14.4. The Balaban J connectivity index is 1.93. The minimum Gasteiger partial charge on any atom is -0.543 e. The molecule has 28 heavy (non-hydrogen) atoms. The molecule has 0 bridgehead atoms. The van der Waals surface area contributed by atoms with Crippen LogP contribution in [0.2, 0.25) is 16.6 Å². The SMILES string of the molecule is CC(C)[Si](Oc1cc2ccc3cc(F)cc4ccc(c1)c2c34)(C(C)C)C(C)C. The first-order chi connectivity index (χ1) is 13.2. The summed E-state index contributed by atoms with van der Waals surface area (Å²) in [6.45, 7) is 13.9. The Morgan fingerprint density at radius 1 is 0.643 bits per heavy atom. The van der Waals surface area contributed by atoms with Gasteiger partial charge in [0.15, 0.2) is 0 Å². The topological polar surface area (TPSA) is 9.23 Å². The lowest BCUT2D eigenvalue weighted by atomic mass is 9.94. The van der Waals surface area contributed by atoms with Crippen LogP contribution in [0.4, 0.5) is 4.39 Å². The van der Waals surface area contributed by atoms with Gasteiger partial charge in [0.2, 0.25) is 0 Å². The van der Waals surface area contributed by atoms with Crippen LogP contribution in [0.1, 0.15) is 41.5 Å². The molecule has 0 unspecified atom stereocenters. The normalized spacial score (nSPS) is 13.1. The number of halogens is 1. The number of rotatable bonds is 5. The van der Waals surface area contributed by atoms with Crippen molar-refractivity contribution in [2.75, 3.05) is 0 Å². The molecule has 0 spiro atoms. The Kier molecular flexibility index (Phi) is 4.62. The molecule has 0 fully saturated rings. The van der Waals surface area contributed by atoms with E-state index in [1.54, 1.807) is 12.1 Å². The molecule has 0 radical (unpaired) electrons. The van der Waals surface area contributed by atoms with Gasteiger partial charge in [0.05, 0.1) is 0 Å². The molecule has 0 amide bonds. The van der Waals surface area contributed by atoms with Crippen molar-refractivity contribution in [3.05, 3.63) is 54.3 Å². The van der Waals surface area contributed by atoms with Crippen molar-refractivity contribution >= 4 is 40.6 Å². The van der Waals surface area contributed by atoms with Crippen molar-refractivity contribution in [1.29, 1.82) is 0 Å². The summed E-state index contributed by atoms with van der Waals surface area (Å²) in [6.07, 6.45) is 0. The number of hydrogen-bond acceptors (Lipinski definition) is 1. The highest BCUT2D eigenvalue weighted by atomic mass is 28.4. The van der Waals surface area contributed by atoms with E-state index in [1.165, 1.54) is 5.39 Å². The maximum atomic E-state index is 13.9. The van der Waals surface area contributed by atoms with Crippen LogP contribution in [-0.4, -0.2) is 8.32 Å². The summed E-state index contributed by atoms with van der Waals surface area (Å²) in [5.41, 5.74) is 1.59. The summed E-state index contributed by atoms with van der Waals surface area (Å²) in [4.78, 5) is 0. The van der Waals surface area contributed by atoms with Crippen LogP contribution >= 0.6 is 0 Å². The molecule has 0 saturated carbocycles. The predicted octanol–water partition coefficient (Wildman–Crippen LogP) is 8.28. The summed E-state index contributed by atoms with van der Waals surface area (Å²) in [5, 5.41) is 6.58. The van der Waals surface area contributed by atoms with E-state index in [2.05, 4.69) is 65.8 Å². The molecule has 0 heterocycles. The molecule has 1 nitrogen and oxygen atoms in total. The van der Waals surface area contributed by atoms with E-state index in [0.717, 1.165) is 32.7 Å². The van der Waals surface area contributed by atoms with Crippen LogP contribution in [0.25, 0.3) is 32.3 Å². The highest BCUT2D eigenvalue weighted by Gasteiger charge is 2.47. The molecule has 0 aliphatic carbocycles. The Morgan fingerprint density at radius 3 is 1.36 bits per heavy atom. The van der Waals surface area contributed by atoms with Gasteiger partial charge >= 0.3 is 0 Å². The molecule has 146 valence electrons. The molecule has 0 aliphatic heterocycles. The molecular formula is C25H29FOSi. The van der Waals surface area contributed by atoms with E-state index in [0.29, 0.717) is 16.6 Å². The average molecular weight is 393 g/mol. The minimum absolute atomic E-state index is 0.184. The molecule has 4 aromatic carbocycles. The molecule has 0 atom stereocenters. The van der Waals surface area contributed by atoms with Crippen LogP contribution in [0.15, 0.2) is 48.5 Å². The van der Waals surface area contributed by atoms with Gasteiger partial charge in [-0.05, 0) is 73.2 Å². The Labute approximate surface area is 168 Å². The molecular weight excluding hydrogens is 363 g/mol.